The molecule has 3 aliphatic heterocycles. The maximum Gasteiger partial charge on any atom is 0.335 e. The van der Waals surface area contributed by atoms with Gasteiger partial charge in [0.15, 0.2) is 0 Å². The average molecular weight is 531 g/mol. The van der Waals surface area contributed by atoms with Gasteiger partial charge >= 0.3 is 6.03 Å². The average Bonchev–Trinajstić information content (AvgIpc) is 2.90. The van der Waals surface area contributed by atoms with Crippen LogP contribution in [-0.4, -0.2) is 46.9 Å². The Morgan fingerprint density at radius 2 is 1.63 bits per heavy atom. The summed E-state index contributed by atoms with van der Waals surface area (Å²) in [4.78, 5) is 56.6. The Hall–Kier alpha value is -3.75. The van der Waals surface area contributed by atoms with E-state index in [-0.39, 0.29) is 30.4 Å². The van der Waals surface area contributed by atoms with Crippen molar-refractivity contribution in [2.45, 2.75) is 25.3 Å². The Morgan fingerprint density at radius 3 is 2.39 bits per heavy atom. The number of imide groups is 2. The predicted octanol–water partition coefficient (Wildman–Crippen LogP) is 3.43. The van der Waals surface area contributed by atoms with Gasteiger partial charge in [0, 0.05) is 48.9 Å². The molecule has 38 heavy (non-hydrogen) atoms. The molecule has 1 N–H and O–H groups in total. The van der Waals surface area contributed by atoms with E-state index in [1.165, 1.54) is 0 Å². The first kappa shape index (κ1) is 24.6. The molecule has 2 saturated heterocycles. The molecule has 0 spiro atoms. The fourth-order valence-corrected chi connectivity index (χ4v) is 6.42. The van der Waals surface area contributed by atoms with Crippen LogP contribution in [0.2, 0.25) is 5.02 Å². The van der Waals surface area contributed by atoms with Crippen molar-refractivity contribution >= 4 is 35.1 Å². The van der Waals surface area contributed by atoms with E-state index in [4.69, 9.17) is 11.6 Å². The van der Waals surface area contributed by atoms with Gasteiger partial charge in [0.05, 0.1) is 5.69 Å². The van der Waals surface area contributed by atoms with Crippen LogP contribution in [-0.2, 0) is 22.6 Å². The molecule has 4 amide bonds. The highest BCUT2D eigenvalue weighted by Gasteiger charge is 2.55. The molecular formula is C29H27ClN4O4. The first-order valence-corrected chi connectivity index (χ1v) is 13.1. The number of piperidine rings is 1. The van der Waals surface area contributed by atoms with E-state index >= 15 is 0 Å². The number of amides is 4. The van der Waals surface area contributed by atoms with Gasteiger partial charge in [-0.25, -0.2) is 9.69 Å². The van der Waals surface area contributed by atoms with Gasteiger partial charge < -0.3 is 9.47 Å². The number of anilines is 1. The molecule has 3 atom stereocenters. The Bertz CT molecular complexity index is 1470. The van der Waals surface area contributed by atoms with E-state index in [1.807, 2.05) is 22.8 Å². The van der Waals surface area contributed by atoms with Gasteiger partial charge in [-0.15, -0.1) is 0 Å². The number of hydrogen-bond donors (Lipinski definition) is 1. The third-order valence-corrected chi connectivity index (χ3v) is 8.21. The number of barbiturate groups is 1. The highest BCUT2D eigenvalue weighted by Crippen LogP contribution is 2.39. The number of carbonyl (C=O) groups excluding carboxylic acids is 3. The van der Waals surface area contributed by atoms with Crippen LogP contribution in [0, 0.1) is 11.3 Å². The zero-order valence-corrected chi connectivity index (χ0v) is 21.4. The molecule has 1 aromatic heterocycles. The lowest BCUT2D eigenvalue weighted by molar-refractivity contribution is -0.144. The molecule has 0 saturated carbocycles. The molecule has 8 nitrogen and oxygen atoms in total. The molecule has 2 bridgehead atoms. The van der Waals surface area contributed by atoms with Crippen molar-refractivity contribution in [2.24, 2.45) is 11.3 Å². The first-order chi connectivity index (χ1) is 18.3. The van der Waals surface area contributed by atoms with Gasteiger partial charge in [0.25, 0.3) is 11.5 Å². The van der Waals surface area contributed by atoms with E-state index in [1.54, 1.807) is 54.6 Å². The van der Waals surface area contributed by atoms with Crippen molar-refractivity contribution in [3.63, 3.8) is 0 Å². The lowest BCUT2D eigenvalue weighted by Crippen LogP contribution is -2.68. The monoisotopic (exact) mass is 530 g/mol. The van der Waals surface area contributed by atoms with Gasteiger partial charge in [0.2, 0.25) is 5.91 Å². The molecule has 0 radical (unpaired) electrons. The Labute approximate surface area is 224 Å². The van der Waals surface area contributed by atoms with Crippen molar-refractivity contribution in [2.75, 3.05) is 24.5 Å². The van der Waals surface area contributed by atoms with Crippen LogP contribution in [0.5, 0.6) is 0 Å². The second-order valence-corrected chi connectivity index (χ2v) is 10.9. The number of rotatable bonds is 5. The molecule has 0 aliphatic carbocycles. The van der Waals surface area contributed by atoms with Gasteiger partial charge in [-0.2, -0.15) is 0 Å². The normalized spacial score (nSPS) is 25.2. The van der Waals surface area contributed by atoms with E-state index in [0.29, 0.717) is 30.3 Å². The highest BCUT2D eigenvalue weighted by molar-refractivity contribution is 6.31. The summed E-state index contributed by atoms with van der Waals surface area (Å²) in [5.74, 6) is -0.790. The second kappa shape index (κ2) is 9.53. The number of aromatic nitrogens is 1. The van der Waals surface area contributed by atoms with E-state index in [0.717, 1.165) is 22.6 Å². The number of nitrogens with one attached hydrogen (secondary N) is 1. The number of urea groups is 1. The smallest absolute Gasteiger partial charge is 0.312 e. The van der Waals surface area contributed by atoms with Crippen molar-refractivity contribution in [3.8, 4) is 0 Å². The standard InChI is InChI=1S/C29H27ClN4O4/c30-22-11-9-19(10-12-22)14-29(26(36)31-28(38)34(27(29)37)23-5-2-1-3-6-23)18-32-15-20-13-21(17-32)24-7-4-8-25(35)33(24)16-20/h1-12,20-21H,13-18H2,(H,31,36,38)/t20-,21-,29?/m0/s1. The molecule has 2 fully saturated rings. The Kier molecular flexibility index (Phi) is 6.16. The molecule has 194 valence electrons. The third-order valence-electron chi connectivity index (χ3n) is 7.95. The van der Waals surface area contributed by atoms with E-state index in [9.17, 15) is 19.2 Å². The van der Waals surface area contributed by atoms with Gasteiger partial charge in [-0.1, -0.05) is 48.0 Å². The summed E-state index contributed by atoms with van der Waals surface area (Å²) < 4.78 is 1.86. The number of carbonyl (C=O) groups is 3. The summed E-state index contributed by atoms with van der Waals surface area (Å²) in [6.07, 6.45) is 1.08. The lowest BCUT2D eigenvalue weighted by atomic mass is 9.75. The van der Waals surface area contributed by atoms with Crippen LogP contribution >= 0.6 is 11.6 Å². The second-order valence-electron chi connectivity index (χ2n) is 10.5. The van der Waals surface area contributed by atoms with E-state index < -0.39 is 23.3 Å². The SMILES string of the molecule is O=C1NC(=O)C(Cc2ccc(Cl)cc2)(CN2C[C@@H]3C[C@@H](C2)c2cccc(=O)n2C3)C(=O)N1c1ccccc1. The van der Waals surface area contributed by atoms with Crippen LogP contribution in [0.4, 0.5) is 10.5 Å². The number of benzene rings is 2. The van der Waals surface area contributed by atoms with Crippen molar-refractivity contribution in [1.29, 1.82) is 0 Å². The molecule has 9 heteroatoms. The Balaban J connectivity index is 1.38. The molecular weight excluding hydrogens is 504 g/mol. The molecule has 4 heterocycles. The van der Waals surface area contributed by atoms with Crippen LogP contribution in [0.3, 0.4) is 0 Å². The number of halogens is 1. The summed E-state index contributed by atoms with van der Waals surface area (Å²) in [5.41, 5.74) is 0.648. The molecule has 3 aromatic rings. The maximum atomic E-state index is 14.2. The fourth-order valence-electron chi connectivity index (χ4n) is 6.30. The number of likely N-dealkylation sites (tertiary alicyclic amines) is 1. The molecule has 3 aliphatic rings. The zero-order valence-electron chi connectivity index (χ0n) is 20.7. The largest absolute Gasteiger partial charge is 0.335 e. The van der Waals surface area contributed by atoms with Crippen LogP contribution in [0.15, 0.2) is 77.6 Å². The third kappa shape index (κ3) is 4.23. The summed E-state index contributed by atoms with van der Waals surface area (Å²) in [5, 5.41) is 3.03. The summed E-state index contributed by atoms with van der Waals surface area (Å²) in [7, 11) is 0. The van der Waals surface area contributed by atoms with Gasteiger partial charge in [-0.05, 0) is 54.7 Å². The molecule has 1 unspecified atom stereocenters. The minimum Gasteiger partial charge on any atom is -0.312 e. The quantitative estimate of drug-likeness (QED) is 0.510. The Morgan fingerprint density at radius 1 is 0.868 bits per heavy atom. The summed E-state index contributed by atoms with van der Waals surface area (Å²) >= 11 is 6.10. The van der Waals surface area contributed by atoms with Gasteiger partial charge in [0.1, 0.15) is 5.41 Å². The molecule has 6 rings (SSSR count). The minimum atomic E-state index is -1.53. The zero-order chi connectivity index (χ0) is 26.4. The number of pyridine rings is 1. The maximum absolute atomic E-state index is 14.2. The van der Waals surface area contributed by atoms with Gasteiger partial charge in [-0.3, -0.25) is 19.7 Å². The lowest BCUT2D eigenvalue weighted by Gasteiger charge is -2.47. The minimum absolute atomic E-state index is 0.00344. The summed E-state index contributed by atoms with van der Waals surface area (Å²) in [6, 6.07) is 20.4. The number of nitrogens with zero attached hydrogens (tertiary/aromatic N) is 3. The van der Waals surface area contributed by atoms with Crippen molar-refractivity contribution in [1.82, 2.24) is 14.8 Å². The van der Waals surface area contributed by atoms with Crippen molar-refractivity contribution in [3.05, 3.63) is 99.4 Å². The van der Waals surface area contributed by atoms with Crippen LogP contribution < -0.4 is 15.8 Å². The van der Waals surface area contributed by atoms with Crippen LogP contribution in [0.25, 0.3) is 0 Å². The topological polar surface area (TPSA) is 91.7 Å². The fraction of sp³-hybridized carbons (Fsp3) is 0.310. The number of para-hydroxylation sites is 1. The number of hydrogen-bond acceptors (Lipinski definition) is 5. The summed E-state index contributed by atoms with van der Waals surface area (Å²) in [6.45, 7) is 2.03. The number of fused-ring (bicyclic) bond motifs is 4. The van der Waals surface area contributed by atoms with E-state index in [2.05, 4.69) is 10.2 Å². The first-order valence-electron chi connectivity index (χ1n) is 12.8. The van der Waals surface area contributed by atoms with Crippen LogP contribution in [0.1, 0.15) is 23.6 Å². The molecule has 2 aromatic carbocycles. The predicted molar refractivity (Wildman–Crippen MR) is 143 cm³/mol. The van der Waals surface area contributed by atoms with Crippen molar-refractivity contribution < 1.29 is 14.4 Å². The highest BCUT2D eigenvalue weighted by atomic mass is 35.5.